The molecule has 2 atom stereocenters. The van der Waals surface area contributed by atoms with Crippen LogP contribution in [-0.2, 0) is 16.1 Å². The number of halogens is 1. The van der Waals surface area contributed by atoms with Crippen LogP contribution >= 0.6 is 0 Å². The highest BCUT2D eigenvalue weighted by atomic mass is 19.1. The number of carboxylic acid groups (broad SMARTS) is 1. The fraction of sp³-hybridized carbons (Fsp3) is 0.469. The number of carboxylic acids is 1. The second-order valence-corrected chi connectivity index (χ2v) is 12.8. The molecular formula is C32H40FN5O6. The number of aromatic nitrogens is 3. The molecule has 0 unspecified atom stereocenters. The number of hydrogen-bond acceptors (Lipinski definition) is 7. The van der Waals surface area contributed by atoms with E-state index < -0.39 is 40.8 Å². The summed E-state index contributed by atoms with van der Waals surface area (Å²) in [6.07, 6.45) is -0.564. The SMILES string of the molecule is CC(C)CN(C(=O)c1nnn(-c2ccccc2F)c1COc1ccccc1)[C@@H]1CN(C(=O)OC(C)(C)C)C[C@](C)(C(=O)O)C1. The first kappa shape index (κ1) is 32.4. The molecule has 236 valence electrons. The number of piperidine rings is 1. The summed E-state index contributed by atoms with van der Waals surface area (Å²) in [5.41, 5.74) is -1.89. The van der Waals surface area contributed by atoms with Crippen LogP contribution in [0.2, 0.25) is 0 Å². The van der Waals surface area contributed by atoms with E-state index in [1.165, 1.54) is 21.7 Å². The minimum absolute atomic E-state index is 0.0161. The Bertz CT molecular complexity index is 1490. The average molecular weight is 610 g/mol. The highest BCUT2D eigenvalue weighted by molar-refractivity contribution is 5.94. The van der Waals surface area contributed by atoms with Crippen molar-refractivity contribution < 1.29 is 33.4 Å². The number of rotatable bonds is 9. The van der Waals surface area contributed by atoms with E-state index in [1.807, 2.05) is 19.9 Å². The van der Waals surface area contributed by atoms with Gasteiger partial charge in [-0.2, -0.15) is 0 Å². The third-order valence-corrected chi connectivity index (χ3v) is 7.25. The Balaban J connectivity index is 1.75. The normalized spacial score (nSPS) is 18.6. The van der Waals surface area contributed by atoms with Gasteiger partial charge in [-0.1, -0.05) is 49.4 Å². The van der Waals surface area contributed by atoms with Gasteiger partial charge in [-0.3, -0.25) is 9.59 Å². The minimum atomic E-state index is -1.35. The molecule has 12 heteroatoms. The van der Waals surface area contributed by atoms with Crippen LogP contribution in [0.1, 0.15) is 64.1 Å². The number of nitrogens with zero attached hydrogens (tertiary/aromatic N) is 5. The number of carbonyl (C=O) groups excluding carboxylic acids is 2. The van der Waals surface area contributed by atoms with E-state index in [4.69, 9.17) is 9.47 Å². The zero-order chi connectivity index (χ0) is 32.2. The van der Waals surface area contributed by atoms with Crippen molar-refractivity contribution in [2.75, 3.05) is 19.6 Å². The Morgan fingerprint density at radius 1 is 1.11 bits per heavy atom. The van der Waals surface area contributed by atoms with E-state index in [0.29, 0.717) is 5.75 Å². The highest BCUT2D eigenvalue weighted by Crippen LogP contribution is 2.34. The third-order valence-electron chi connectivity index (χ3n) is 7.25. The Kier molecular flexibility index (Phi) is 9.60. The molecule has 4 rings (SSSR count). The fourth-order valence-electron chi connectivity index (χ4n) is 5.23. The highest BCUT2D eigenvalue weighted by Gasteiger charge is 2.47. The topological polar surface area (TPSA) is 127 Å². The predicted molar refractivity (Wildman–Crippen MR) is 160 cm³/mol. The first-order chi connectivity index (χ1) is 20.7. The van der Waals surface area contributed by atoms with Crippen molar-refractivity contribution in [3.8, 4) is 11.4 Å². The van der Waals surface area contributed by atoms with Gasteiger partial charge in [0.15, 0.2) is 5.69 Å². The molecular weight excluding hydrogens is 569 g/mol. The van der Waals surface area contributed by atoms with E-state index in [0.717, 1.165) is 0 Å². The third kappa shape index (κ3) is 7.53. The van der Waals surface area contributed by atoms with Crippen molar-refractivity contribution in [1.29, 1.82) is 0 Å². The first-order valence-electron chi connectivity index (χ1n) is 14.6. The quantitative estimate of drug-likeness (QED) is 0.352. The van der Waals surface area contributed by atoms with Crippen LogP contribution in [0.25, 0.3) is 5.69 Å². The molecule has 44 heavy (non-hydrogen) atoms. The molecule has 0 spiro atoms. The van der Waals surface area contributed by atoms with Crippen molar-refractivity contribution in [1.82, 2.24) is 24.8 Å². The summed E-state index contributed by atoms with van der Waals surface area (Å²) in [4.78, 5) is 42.9. The van der Waals surface area contributed by atoms with Gasteiger partial charge in [0, 0.05) is 19.6 Å². The van der Waals surface area contributed by atoms with Crippen molar-refractivity contribution in [3.63, 3.8) is 0 Å². The zero-order valence-corrected chi connectivity index (χ0v) is 26.0. The minimum Gasteiger partial charge on any atom is -0.487 e. The van der Waals surface area contributed by atoms with E-state index in [-0.39, 0.29) is 55.7 Å². The van der Waals surface area contributed by atoms with Crippen LogP contribution in [0.5, 0.6) is 5.75 Å². The molecule has 11 nitrogen and oxygen atoms in total. The summed E-state index contributed by atoms with van der Waals surface area (Å²) in [5.74, 6) is -1.66. The van der Waals surface area contributed by atoms with Crippen LogP contribution < -0.4 is 4.74 Å². The fourth-order valence-corrected chi connectivity index (χ4v) is 5.23. The zero-order valence-electron chi connectivity index (χ0n) is 26.0. The number of benzene rings is 2. The lowest BCUT2D eigenvalue weighted by Gasteiger charge is -2.46. The number of hydrogen-bond donors (Lipinski definition) is 1. The summed E-state index contributed by atoms with van der Waals surface area (Å²) in [6.45, 7) is 10.7. The van der Waals surface area contributed by atoms with Gasteiger partial charge in [0.25, 0.3) is 5.91 Å². The van der Waals surface area contributed by atoms with Crippen LogP contribution in [-0.4, -0.2) is 79.1 Å². The maximum atomic E-state index is 14.9. The Morgan fingerprint density at radius 2 is 1.77 bits per heavy atom. The molecule has 1 aliphatic rings. The number of ether oxygens (including phenoxy) is 2. The van der Waals surface area contributed by atoms with Gasteiger partial charge < -0.3 is 24.4 Å². The van der Waals surface area contributed by atoms with Gasteiger partial charge in [0.1, 0.15) is 35.2 Å². The molecule has 1 fully saturated rings. The smallest absolute Gasteiger partial charge is 0.410 e. The molecule has 0 radical (unpaired) electrons. The Morgan fingerprint density at radius 3 is 2.39 bits per heavy atom. The number of amides is 2. The molecule has 1 N–H and O–H groups in total. The van der Waals surface area contributed by atoms with Crippen molar-refractivity contribution in [2.45, 2.75) is 66.2 Å². The van der Waals surface area contributed by atoms with E-state index in [1.54, 1.807) is 69.0 Å². The number of likely N-dealkylation sites (tertiary alicyclic amines) is 1. The van der Waals surface area contributed by atoms with E-state index in [9.17, 15) is 23.9 Å². The summed E-state index contributed by atoms with van der Waals surface area (Å²) < 4.78 is 27.7. The van der Waals surface area contributed by atoms with Crippen molar-refractivity contribution >= 4 is 18.0 Å². The van der Waals surface area contributed by atoms with Crippen LogP contribution in [0, 0.1) is 17.2 Å². The lowest BCUT2D eigenvalue weighted by molar-refractivity contribution is -0.152. The largest absolute Gasteiger partial charge is 0.487 e. The Hall–Kier alpha value is -4.48. The first-order valence-corrected chi connectivity index (χ1v) is 14.6. The molecule has 0 aliphatic carbocycles. The predicted octanol–water partition coefficient (Wildman–Crippen LogP) is 5.18. The van der Waals surface area contributed by atoms with Gasteiger partial charge in [0.2, 0.25) is 0 Å². The molecule has 0 saturated carbocycles. The van der Waals surface area contributed by atoms with Gasteiger partial charge in [-0.15, -0.1) is 5.10 Å². The molecule has 2 aromatic carbocycles. The van der Waals surface area contributed by atoms with E-state index >= 15 is 0 Å². The molecule has 0 bridgehead atoms. The van der Waals surface area contributed by atoms with Crippen molar-refractivity contribution in [2.24, 2.45) is 11.3 Å². The molecule has 2 heterocycles. The second-order valence-electron chi connectivity index (χ2n) is 12.8. The van der Waals surface area contributed by atoms with Gasteiger partial charge in [0.05, 0.1) is 11.5 Å². The standard InChI is InChI=1S/C32H40FN5O6/c1-21(2)17-37(22-16-32(6,29(40)41)20-36(18-22)30(42)44-31(3,4)5)28(39)27-26(19-43-23-12-8-7-9-13-23)38(35-34-27)25-15-11-10-14-24(25)33/h7-15,21-22H,16-20H2,1-6H3,(H,40,41)/t22-,32+/m0/s1. The lowest BCUT2D eigenvalue weighted by Crippen LogP contribution is -2.60. The van der Waals surface area contributed by atoms with Gasteiger partial charge in [-0.05, 0) is 64.3 Å². The molecule has 2 amide bonds. The molecule has 3 aromatic rings. The van der Waals surface area contributed by atoms with Crippen LogP contribution in [0.4, 0.5) is 9.18 Å². The van der Waals surface area contributed by atoms with Gasteiger partial charge >= 0.3 is 12.1 Å². The molecule has 1 aromatic heterocycles. The monoisotopic (exact) mass is 609 g/mol. The van der Waals surface area contributed by atoms with E-state index in [2.05, 4.69) is 10.3 Å². The summed E-state index contributed by atoms with van der Waals surface area (Å²) in [6, 6.07) is 14.3. The number of para-hydroxylation sites is 2. The maximum Gasteiger partial charge on any atom is 0.410 e. The Labute approximate surface area is 256 Å². The molecule has 1 saturated heterocycles. The second kappa shape index (κ2) is 13.0. The van der Waals surface area contributed by atoms with Crippen LogP contribution in [0.15, 0.2) is 54.6 Å². The number of carbonyl (C=O) groups is 3. The summed E-state index contributed by atoms with van der Waals surface area (Å²) in [7, 11) is 0. The van der Waals surface area contributed by atoms with Crippen molar-refractivity contribution in [3.05, 3.63) is 71.8 Å². The van der Waals surface area contributed by atoms with Gasteiger partial charge in [-0.25, -0.2) is 13.9 Å². The summed E-state index contributed by atoms with van der Waals surface area (Å²) >= 11 is 0. The summed E-state index contributed by atoms with van der Waals surface area (Å²) in [5, 5.41) is 18.5. The lowest BCUT2D eigenvalue weighted by atomic mass is 9.79. The maximum absolute atomic E-state index is 14.9. The average Bonchev–Trinajstić information content (AvgIpc) is 3.37. The van der Waals surface area contributed by atoms with Crippen LogP contribution in [0.3, 0.4) is 0 Å². The number of aliphatic carboxylic acids is 1. The molecule has 1 aliphatic heterocycles.